The van der Waals surface area contributed by atoms with Gasteiger partial charge in [0.2, 0.25) is 0 Å². The molecule has 1 aliphatic rings. The molecule has 34 heavy (non-hydrogen) atoms. The molecule has 4 rings (SSSR count). The number of nitrogens with zero attached hydrogens (tertiary/aromatic N) is 1. The Bertz CT molecular complexity index is 1240. The highest BCUT2D eigenvalue weighted by Crippen LogP contribution is 2.49. The van der Waals surface area contributed by atoms with Gasteiger partial charge < -0.3 is 20.1 Å². The number of aromatic nitrogens is 1. The number of hydrogen-bond acceptors (Lipinski definition) is 6. The third-order valence-corrected chi connectivity index (χ3v) is 5.94. The van der Waals surface area contributed by atoms with Crippen LogP contribution in [0.1, 0.15) is 39.1 Å². The van der Waals surface area contributed by atoms with Gasteiger partial charge in [0.15, 0.2) is 0 Å². The van der Waals surface area contributed by atoms with Gasteiger partial charge in [-0.15, -0.1) is 0 Å². The lowest BCUT2D eigenvalue weighted by molar-refractivity contribution is -0.143. The van der Waals surface area contributed by atoms with Crippen molar-refractivity contribution in [1.29, 1.82) is 0 Å². The lowest BCUT2D eigenvalue weighted by atomic mass is 9.95. The number of rotatable bonds is 7. The number of ether oxygens (including phenoxy) is 2. The number of nitrogens with one attached hydrogen (secondary N) is 2. The third kappa shape index (κ3) is 4.72. The number of carbonyl (C=O) groups excluding carboxylic acids is 3. The van der Waals surface area contributed by atoms with Crippen molar-refractivity contribution < 1.29 is 23.9 Å². The molecule has 0 bridgehead atoms. The molecule has 1 heterocycles. The third-order valence-electron chi connectivity index (χ3n) is 5.71. The highest BCUT2D eigenvalue weighted by Gasteiger charge is 2.52. The molecule has 0 spiro atoms. The van der Waals surface area contributed by atoms with E-state index in [1.54, 1.807) is 48.5 Å². The standard InChI is InChI=1S/C25H22ClN3O5/c1-33-18-8-9-20(19(13-18)23(31)29-21-10-7-17(26)14-27-21)28-22(30)15-3-5-16(6-4-15)25(11-12-25)24(32)34-2/h3-10,13-14H,11-12H2,1-2H3,(H,28,30)(H,27,29,31). The number of benzene rings is 2. The quantitative estimate of drug-likeness (QED) is 0.485. The van der Waals surface area contributed by atoms with E-state index in [1.165, 1.54) is 26.5 Å². The minimum absolute atomic E-state index is 0.198. The first-order valence-electron chi connectivity index (χ1n) is 10.5. The molecule has 0 aliphatic heterocycles. The number of hydrogen-bond donors (Lipinski definition) is 2. The summed E-state index contributed by atoms with van der Waals surface area (Å²) in [7, 11) is 2.86. The van der Waals surface area contributed by atoms with Crippen LogP contribution in [0.5, 0.6) is 5.75 Å². The van der Waals surface area contributed by atoms with E-state index in [9.17, 15) is 14.4 Å². The van der Waals surface area contributed by atoms with Crippen molar-refractivity contribution in [2.45, 2.75) is 18.3 Å². The predicted molar refractivity (Wildman–Crippen MR) is 128 cm³/mol. The van der Waals surface area contributed by atoms with Crippen LogP contribution in [-0.2, 0) is 14.9 Å². The van der Waals surface area contributed by atoms with Crippen LogP contribution in [-0.4, -0.2) is 37.0 Å². The average molecular weight is 480 g/mol. The molecule has 1 saturated carbocycles. The molecule has 1 fully saturated rings. The van der Waals surface area contributed by atoms with Gasteiger partial charge in [-0.1, -0.05) is 23.7 Å². The van der Waals surface area contributed by atoms with Gasteiger partial charge in [-0.2, -0.15) is 0 Å². The summed E-state index contributed by atoms with van der Waals surface area (Å²) in [4.78, 5) is 42.0. The summed E-state index contributed by atoms with van der Waals surface area (Å²) < 4.78 is 10.1. The average Bonchev–Trinajstić information content (AvgIpc) is 3.67. The van der Waals surface area contributed by atoms with Crippen LogP contribution in [0.15, 0.2) is 60.8 Å². The SMILES string of the molecule is COC(=O)C1(c2ccc(C(=O)Nc3ccc(OC)cc3C(=O)Nc3ccc(Cl)cn3)cc2)CC1. The zero-order valence-corrected chi connectivity index (χ0v) is 19.3. The van der Waals surface area contributed by atoms with E-state index in [0.29, 0.717) is 27.8 Å². The van der Waals surface area contributed by atoms with Crippen LogP contribution in [0.2, 0.25) is 5.02 Å². The maximum absolute atomic E-state index is 12.9. The molecular weight excluding hydrogens is 458 g/mol. The van der Waals surface area contributed by atoms with Gasteiger partial charge >= 0.3 is 5.97 Å². The van der Waals surface area contributed by atoms with Crippen molar-refractivity contribution in [3.8, 4) is 5.75 Å². The normalized spacial score (nSPS) is 13.5. The molecule has 0 saturated heterocycles. The van der Waals surface area contributed by atoms with E-state index in [4.69, 9.17) is 21.1 Å². The van der Waals surface area contributed by atoms with Crippen molar-refractivity contribution in [2.75, 3.05) is 24.9 Å². The fraction of sp³-hybridized carbons (Fsp3) is 0.200. The second kappa shape index (κ2) is 9.52. The Labute approximate surface area is 201 Å². The van der Waals surface area contributed by atoms with Crippen LogP contribution < -0.4 is 15.4 Å². The predicted octanol–water partition coefficient (Wildman–Crippen LogP) is 4.45. The van der Waals surface area contributed by atoms with Gasteiger partial charge in [0.05, 0.1) is 35.9 Å². The smallest absolute Gasteiger partial charge is 0.316 e. The Morgan fingerprint density at radius 3 is 2.26 bits per heavy atom. The fourth-order valence-corrected chi connectivity index (χ4v) is 3.76. The van der Waals surface area contributed by atoms with Crippen molar-refractivity contribution in [3.05, 3.63) is 82.5 Å². The monoisotopic (exact) mass is 479 g/mol. The maximum atomic E-state index is 12.9. The number of anilines is 2. The van der Waals surface area contributed by atoms with Crippen molar-refractivity contribution in [2.24, 2.45) is 0 Å². The van der Waals surface area contributed by atoms with E-state index < -0.39 is 17.2 Å². The first-order valence-corrected chi connectivity index (χ1v) is 10.9. The number of amides is 2. The number of halogens is 1. The van der Waals surface area contributed by atoms with Crippen LogP contribution in [0.3, 0.4) is 0 Å². The molecule has 9 heteroatoms. The molecular formula is C25H22ClN3O5. The van der Waals surface area contributed by atoms with Crippen LogP contribution in [0.4, 0.5) is 11.5 Å². The maximum Gasteiger partial charge on any atom is 0.316 e. The molecule has 1 aromatic heterocycles. The lowest BCUT2D eigenvalue weighted by Gasteiger charge is -2.15. The zero-order valence-electron chi connectivity index (χ0n) is 18.6. The van der Waals surface area contributed by atoms with E-state index in [2.05, 4.69) is 15.6 Å². The Balaban J connectivity index is 1.54. The Hall–Kier alpha value is -3.91. The Morgan fingerprint density at radius 1 is 0.941 bits per heavy atom. The lowest BCUT2D eigenvalue weighted by Crippen LogP contribution is -2.22. The highest BCUT2D eigenvalue weighted by molar-refractivity contribution is 6.30. The van der Waals surface area contributed by atoms with Crippen molar-refractivity contribution >= 4 is 40.9 Å². The summed E-state index contributed by atoms with van der Waals surface area (Å²) >= 11 is 5.84. The van der Waals surface area contributed by atoms with E-state index >= 15 is 0 Å². The molecule has 0 atom stereocenters. The molecule has 8 nitrogen and oxygen atoms in total. The summed E-state index contributed by atoms with van der Waals surface area (Å²) in [6, 6.07) is 14.7. The molecule has 3 aromatic rings. The van der Waals surface area contributed by atoms with E-state index in [0.717, 1.165) is 18.4 Å². The second-order valence-electron chi connectivity index (χ2n) is 7.83. The minimum atomic E-state index is -0.610. The topological polar surface area (TPSA) is 107 Å². The fourth-order valence-electron chi connectivity index (χ4n) is 3.65. The molecule has 0 unspecified atom stereocenters. The summed E-state index contributed by atoms with van der Waals surface area (Å²) in [6.45, 7) is 0. The molecule has 2 aromatic carbocycles. The summed E-state index contributed by atoms with van der Waals surface area (Å²) in [5, 5.41) is 5.89. The van der Waals surface area contributed by atoms with Crippen LogP contribution in [0, 0.1) is 0 Å². The molecule has 174 valence electrons. The van der Waals surface area contributed by atoms with Gasteiger partial charge in [-0.3, -0.25) is 14.4 Å². The highest BCUT2D eigenvalue weighted by atomic mass is 35.5. The summed E-state index contributed by atoms with van der Waals surface area (Å²) in [6.07, 6.45) is 2.86. The van der Waals surface area contributed by atoms with Crippen LogP contribution in [0.25, 0.3) is 0 Å². The molecule has 2 amide bonds. The molecule has 2 N–H and O–H groups in total. The number of esters is 1. The summed E-state index contributed by atoms with van der Waals surface area (Å²) in [5.41, 5.74) is 1.08. The number of pyridine rings is 1. The van der Waals surface area contributed by atoms with E-state index in [1.807, 2.05) is 0 Å². The summed E-state index contributed by atoms with van der Waals surface area (Å²) in [5.74, 6) is -0.390. The number of carbonyl (C=O) groups is 3. The Kier molecular flexibility index (Phi) is 6.51. The van der Waals surface area contributed by atoms with Gasteiger partial charge in [-0.25, -0.2) is 4.98 Å². The van der Waals surface area contributed by atoms with Crippen molar-refractivity contribution in [1.82, 2.24) is 4.98 Å². The van der Waals surface area contributed by atoms with E-state index in [-0.39, 0.29) is 11.5 Å². The Morgan fingerprint density at radius 2 is 1.68 bits per heavy atom. The first kappa shape index (κ1) is 23.3. The van der Waals surface area contributed by atoms with Crippen LogP contribution >= 0.6 is 11.6 Å². The van der Waals surface area contributed by atoms with Gasteiger partial charge in [0.1, 0.15) is 11.6 Å². The van der Waals surface area contributed by atoms with Gasteiger partial charge in [0.25, 0.3) is 11.8 Å². The first-order chi connectivity index (χ1) is 16.4. The largest absolute Gasteiger partial charge is 0.497 e. The zero-order chi connectivity index (χ0) is 24.3. The minimum Gasteiger partial charge on any atom is -0.497 e. The van der Waals surface area contributed by atoms with Gasteiger partial charge in [-0.05, 0) is 60.9 Å². The van der Waals surface area contributed by atoms with Gasteiger partial charge in [0, 0.05) is 11.8 Å². The molecule has 0 radical (unpaired) electrons. The second-order valence-corrected chi connectivity index (χ2v) is 8.27. The number of methoxy groups -OCH3 is 2. The molecule has 1 aliphatic carbocycles. The van der Waals surface area contributed by atoms with Crippen molar-refractivity contribution in [3.63, 3.8) is 0 Å².